The van der Waals surface area contributed by atoms with Gasteiger partial charge in [0.15, 0.2) is 0 Å². The molecule has 1 saturated carbocycles. The number of carbonyl (C=O) groups is 2. The molecule has 1 atom stereocenters. The minimum absolute atomic E-state index is 0.0384. The molecule has 0 radical (unpaired) electrons. The maximum absolute atomic E-state index is 11.7. The van der Waals surface area contributed by atoms with Gasteiger partial charge in [0.2, 0.25) is 11.8 Å². The Morgan fingerprint density at radius 1 is 1.61 bits per heavy atom. The van der Waals surface area contributed by atoms with Gasteiger partial charge in [-0.1, -0.05) is 0 Å². The molecule has 1 aromatic rings. The Balaban J connectivity index is 1.78. The van der Waals surface area contributed by atoms with Gasteiger partial charge >= 0.3 is 0 Å². The summed E-state index contributed by atoms with van der Waals surface area (Å²) in [6.07, 6.45) is 5.26. The van der Waals surface area contributed by atoms with Gasteiger partial charge in [-0.05, 0) is 12.8 Å². The average molecular weight is 251 g/mol. The van der Waals surface area contributed by atoms with Gasteiger partial charge in [-0.25, -0.2) is 0 Å². The number of amides is 2. The molecular weight excluding hydrogens is 234 g/mol. The van der Waals surface area contributed by atoms with Crippen molar-refractivity contribution in [2.75, 3.05) is 6.54 Å². The average Bonchev–Trinajstić information content (AvgIpc) is 3.04. The van der Waals surface area contributed by atoms with E-state index in [-0.39, 0.29) is 18.4 Å². The summed E-state index contributed by atoms with van der Waals surface area (Å²) in [6, 6.07) is -0.506. The summed E-state index contributed by atoms with van der Waals surface area (Å²) < 4.78 is 1.57. The van der Waals surface area contributed by atoms with Gasteiger partial charge in [0.05, 0.1) is 12.7 Å². The summed E-state index contributed by atoms with van der Waals surface area (Å²) in [6.45, 7) is -0.0384. The van der Waals surface area contributed by atoms with Crippen LogP contribution in [0.25, 0.3) is 0 Å². The highest BCUT2D eigenvalue weighted by Gasteiger charge is 2.24. The third-order valence-corrected chi connectivity index (χ3v) is 2.73. The standard InChI is InChI=1S/C11H17N5O2/c1-16-6-7(4-14-16)10(12)11(18)13-5-9(17)15-8-2-3-8/h4,6,8,10H,2-3,5,12H2,1H3,(H,13,18)(H,15,17). The van der Waals surface area contributed by atoms with E-state index in [1.54, 1.807) is 17.9 Å². The molecule has 1 aromatic heterocycles. The number of hydrogen-bond donors (Lipinski definition) is 3. The van der Waals surface area contributed by atoms with Crippen LogP contribution in [0.5, 0.6) is 0 Å². The normalized spacial score (nSPS) is 16.1. The zero-order valence-corrected chi connectivity index (χ0v) is 10.2. The smallest absolute Gasteiger partial charge is 0.242 e. The molecular formula is C11H17N5O2. The highest BCUT2D eigenvalue weighted by atomic mass is 16.2. The van der Waals surface area contributed by atoms with E-state index in [4.69, 9.17) is 5.73 Å². The highest BCUT2D eigenvalue weighted by Crippen LogP contribution is 2.18. The van der Waals surface area contributed by atoms with E-state index in [9.17, 15) is 9.59 Å². The van der Waals surface area contributed by atoms with Crippen molar-refractivity contribution < 1.29 is 9.59 Å². The molecule has 0 aromatic carbocycles. The molecule has 2 amide bonds. The first-order valence-corrected chi connectivity index (χ1v) is 5.87. The number of aryl methyl sites for hydroxylation is 1. The minimum Gasteiger partial charge on any atom is -0.352 e. The molecule has 1 aliphatic rings. The highest BCUT2D eigenvalue weighted by molar-refractivity contribution is 5.88. The second-order valence-electron chi connectivity index (χ2n) is 4.48. The Morgan fingerprint density at radius 3 is 2.89 bits per heavy atom. The predicted molar refractivity (Wildman–Crippen MR) is 64.3 cm³/mol. The van der Waals surface area contributed by atoms with Crippen molar-refractivity contribution >= 4 is 11.8 Å². The maximum Gasteiger partial charge on any atom is 0.242 e. The monoisotopic (exact) mass is 251 g/mol. The summed E-state index contributed by atoms with van der Waals surface area (Å²) in [7, 11) is 1.75. The van der Waals surface area contributed by atoms with Crippen LogP contribution in [0.1, 0.15) is 24.4 Å². The first kappa shape index (κ1) is 12.6. The zero-order chi connectivity index (χ0) is 13.1. The van der Waals surface area contributed by atoms with Gasteiger partial charge in [-0.2, -0.15) is 5.10 Å². The van der Waals surface area contributed by atoms with E-state index in [1.807, 2.05) is 0 Å². The van der Waals surface area contributed by atoms with Crippen LogP contribution >= 0.6 is 0 Å². The van der Waals surface area contributed by atoms with Crippen LogP contribution in [-0.4, -0.2) is 34.2 Å². The van der Waals surface area contributed by atoms with Crippen molar-refractivity contribution in [3.8, 4) is 0 Å². The second-order valence-corrected chi connectivity index (χ2v) is 4.48. The van der Waals surface area contributed by atoms with Crippen LogP contribution in [0.4, 0.5) is 0 Å². The van der Waals surface area contributed by atoms with Crippen LogP contribution in [0.3, 0.4) is 0 Å². The second kappa shape index (κ2) is 5.18. The summed E-state index contributed by atoms with van der Waals surface area (Å²) >= 11 is 0. The SMILES string of the molecule is Cn1cc(C(N)C(=O)NCC(=O)NC2CC2)cn1. The van der Waals surface area contributed by atoms with E-state index in [1.165, 1.54) is 6.20 Å². The summed E-state index contributed by atoms with van der Waals surface area (Å²) in [5, 5.41) is 9.23. The molecule has 1 fully saturated rings. The fraction of sp³-hybridized carbons (Fsp3) is 0.545. The number of rotatable bonds is 5. The lowest BCUT2D eigenvalue weighted by Crippen LogP contribution is -2.41. The molecule has 0 spiro atoms. The Labute approximate surface area is 105 Å². The molecule has 4 N–H and O–H groups in total. The van der Waals surface area contributed by atoms with Crippen molar-refractivity contribution in [3.05, 3.63) is 18.0 Å². The van der Waals surface area contributed by atoms with Crippen LogP contribution in [0, 0.1) is 0 Å². The van der Waals surface area contributed by atoms with Crippen LogP contribution in [0.2, 0.25) is 0 Å². The third kappa shape index (κ3) is 3.30. The maximum atomic E-state index is 11.7. The quantitative estimate of drug-likeness (QED) is 0.612. The zero-order valence-electron chi connectivity index (χ0n) is 10.2. The molecule has 0 aliphatic heterocycles. The van der Waals surface area contributed by atoms with Crippen molar-refractivity contribution in [1.82, 2.24) is 20.4 Å². The Kier molecular flexibility index (Phi) is 3.61. The van der Waals surface area contributed by atoms with Gasteiger partial charge in [0.25, 0.3) is 0 Å². The van der Waals surface area contributed by atoms with Gasteiger partial charge in [0, 0.05) is 24.8 Å². The number of nitrogens with zero attached hydrogens (tertiary/aromatic N) is 2. The number of nitrogens with one attached hydrogen (secondary N) is 2. The Morgan fingerprint density at radius 2 is 2.33 bits per heavy atom. The first-order chi connectivity index (χ1) is 8.56. The molecule has 1 unspecified atom stereocenters. The first-order valence-electron chi connectivity index (χ1n) is 5.87. The Bertz CT molecular complexity index is 452. The summed E-state index contributed by atoms with van der Waals surface area (Å²) in [4.78, 5) is 23.1. The summed E-state index contributed by atoms with van der Waals surface area (Å²) in [5.74, 6) is -0.557. The molecule has 1 heterocycles. The molecule has 98 valence electrons. The molecule has 1 aliphatic carbocycles. The topological polar surface area (TPSA) is 102 Å². The molecule has 2 rings (SSSR count). The lowest BCUT2D eigenvalue weighted by atomic mass is 10.1. The van der Waals surface area contributed by atoms with Crippen molar-refractivity contribution in [2.45, 2.75) is 24.9 Å². The molecule has 7 nitrogen and oxygen atoms in total. The molecule has 18 heavy (non-hydrogen) atoms. The lowest BCUT2D eigenvalue weighted by Gasteiger charge is -2.10. The number of hydrogen-bond acceptors (Lipinski definition) is 4. The van der Waals surface area contributed by atoms with E-state index in [0.717, 1.165) is 12.8 Å². The minimum atomic E-state index is -0.799. The molecule has 0 bridgehead atoms. The van der Waals surface area contributed by atoms with Crippen molar-refractivity contribution in [1.29, 1.82) is 0 Å². The van der Waals surface area contributed by atoms with Gasteiger partial charge in [0.1, 0.15) is 6.04 Å². The van der Waals surface area contributed by atoms with Gasteiger partial charge in [-0.15, -0.1) is 0 Å². The van der Waals surface area contributed by atoms with Crippen LogP contribution < -0.4 is 16.4 Å². The fourth-order valence-electron chi connectivity index (χ4n) is 1.54. The van der Waals surface area contributed by atoms with E-state index >= 15 is 0 Å². The number of carbonyl (C=O) groups excluding carboxylic acids is 2. The fourth-order valence-corrected chi connectivity index (χ4v) is 1.54. The van der Waals surface area contributed by atoms with Crippen LogP contribution in [0.15, 0.2) is 12.4 Å². The Hall–Kier alpha value is -1.89. The number of aromatic nitrogens is 2. The van der Waals surface area contributed by atoms with Crippen LogP contribution in [-0.2, 0) is 16.6 Å². The van der Waals surface area contributed by atoms with Gasteiger partial charge in [-0.3, -0.25) is 14.3 Å². The lowest BCUT2D eigenvalue weighted by molar-refractivity contribution is -0.127. The number of nitrogens with two attached hydrogens (primary N) is 1. The summed E-state index contributed by atoms with van der Waals surface area (Å²) in [5.41, 5.74) is 6.38. The predicted octanol–water partition coefficient (Wildman–Crippen LogP) is -1.19. The third-order valence-electron chi connectivity index (χ3n) is 2.73. The van der Waals surface area contributed by atoms with E-state index < -0.39 is 6.04 Å². The largest absolute Gasteiger partial charge is 0.352 e. The van der Waals surface area contributed by atoms with Gasteiger partial charge < -0.3 is 16.4 Å². The van der Waals surface area contributed by atoms with E-state index in [2.05, 4.69) is 15.7 Å². The van der Waals surface area contributed by atoms with Crippen molar-refractivity contribution in [3.63, 3.8) is 0 Å². The molecule has 0 saturated heterocycles. The van der Waals surface area contributed by atoms with Crippen molar-refractivity contribution in [2.24, 2.45) is 12.8 Å². The van der Waals surface area contributed by atoms with E-state index in [0.29, 0.717) is 11.6 Å². The molecule has 7 heteroatoms.